The zero-order valence-corrected chi connectivity index (χ0v) is 19.7. The van der Waals surface area contributed by atoms with Crippen LogP contribution in [-0.2, 0) is 19.9 Å². The molecule has 0 unspecified atom stereocenters. The van der Waals surface area contributed by atoms with Crippen LogP contribution < -0.4 is 5.32 Å². The largest absolute Gasteiger partial charge is 0.468 e. The number of fused-ring (bicyclic) bond motifs is 3. The number of carbonyl (C=O) groups is 2. The van der Waals surface area contributed by atoms with Gasteiger partial charge in [0.05, 0.1) is 12.6 Å². The molecule has 170 valence electrons. The Morgan fingerprint density at radius 1 is 0.848 bits per heavy atom. The number of nitrogens with one attached hydrogen (secondary N) is 1. The van der Waals surface area contributed by atoms with Gasteiger partial charge in [-0.2, -0.15) is 0 Å². The minimum absolute atomic E-state index is 0.124. The maximum atomic E-state index is 13.0. The fraction of sp³-hybridized carbons (Fsp3) is 0.310. The van der Waals surface area contributed by atoms with Gasteiger partial charge in [-0.15, -0.1) is 0 Å². The summed E-state index contributed by atoms with van der Waals surface area (Å²) in [5, 5.41) is 3.69. The number of esters is 1. The van der Waals surface area contributed by atoms with Crippen LogP contribution in [0.5, 0.6) is 0 Å². The average Bonchev–Trinajstić information content (AvgIpc) is 3.12. The standard InChI is InChI=1S/C29H31NO3/c1-28(2,3)26(31)19-18-25(27(32)33-4)30-29(20-12-6-5-7-13-20)23-16-10-8-14-21(23)22-15-9-11-17-24(22)29/h5-17,25,30H,18-19H2,1-4H3/t25-/m1/s1. The third-order valence-corrected chi connectivity index (χ3v) is 6.53. The first-order chi connectivity index (χ1) is 15.8. The molecule has 3 aromatic rings. The highest BCUT2D eigenvalue weighted by molar-refractivity contribution is 5.86. The lowest BCUT2D eigenvalue weighted by atomic mass is 9.79. The quantitative estimate of drug-likeness (QED) is 0.493. The Labute approximate surface area is 196 Å². The predicted octanol–water partition coefficient (Wildman–Crippen LogP) is 5.49. The second-order valence-corrected chi connectivity index (χ2v) is 9.64. The maximum absolute atomic E-state index is 13.0. The van der Waals surface area contributed by atoms with Crippen molar-refractivity contribution in [3.8, 4) is 11.1 Å². The molecule has 0 radical (unpaired) electrons. The molecule has 0 aromatic heterocycles. The maximum Gasteiger partial charge on any atom is 0.322 e. The summed E-state index contributed by atoms with van der Waals surface area (Å²) in [5.41, 5.74) is 4.31. The minimum atomic E-state index is -0.738. The van der Waals surface area contributed by atoms with Gasteiger partial charge >= 0.3 is 5.97 Å². The summed E-state index contributed by atoms with van der Waals surface area (Å²) < 4.78 is 5.18. The van der Waals surface area contributed by atoms with Gasteiger partial charge in [0, 0.05) is 11.8 Å². The summed E-state index contributed by atoms with van der Waals surface area (Å²) in [6.45, 7) is 5.72. The molecule has 33 heavy (non-hydrogen) atoms. The number of ether oxygens (including phenoxy) is 1. The molecule has 0 fully saturated rings. The van der Waals surface area contributed by atoms with E-state index in [1.165, 1.54) is 7.11 Å². The molecule has 0 aliphatic heterocycles. The van der Waals surface area contributed by atoms with E-state index in [1.807, 2.05) is 63.2 Å². The lowest BCUT2D eigenvalue weighted by molar-refractivity contribution is -0.144. The van der Waals surface area contributed by atoms with Crippen LogP contribution >= 0.6 is 0 Å². The molecular formula is C29H31NO3. The smallest absolute Gasteiger partial charge is 0.322 e. The van der Waals surface area contributed by atoms with E-state index in [4.69, 9.17) is 4.74 Å². The van der Waals surface area contributed by atoms with Crippen LogP contribution in [0.1, 0.15) is 50.3 Å². The summed E-state index contributed by atoms with van der Waals surface area (Å²) in [7, 11) is 1.40. The normalized spacial score (nSPS) is 14.8. The van der Waals surface area contributed by atoms with E-state index in [0.717, 1.165) is 27.8 Å². The predicted molar refractivity (Wildman–Crippen MR) is 131 cm³/mol. The van der Waals surface area contributed by atoms with Gasteiger partial charge in [0.1, 0.15) is 11.8 Å². The van der Waals surface area contributed by atoms with Crippen LogP contribution in [-0.4, -0.2) is 24.9 Å². The molecule has 0 bridgehead atoms. The molecule has 0 amide bonds. The van der Waals surface area contributed by atoms with Crippen molar-refractivity contribution in [2.75, 3.05) is 7.11 Å². The van der Waals surface area contributed by atoms with E-state index < -0.39 is 17.0 Å². The van der Waals surface area contributed by atoms with Gasteiger partial charge in [0.25, 0.3) is 0 Å². The highest BCUT2D eigenvalue weighted by Gasteiger charge is 2.46. The Balaban J connectivity index is 1.85. The van der Waals surface area contributed by atoms with Crippen molar-refractivity contribution in [2.24, 2.45) is 5.41 Å². The SMILES string of the molecule is COC(=O)[C@@H](CCC(=O)C(C)(C)C)NC1(c2ccccc2)c2ccccc2-c2ccccc21. The van der Waals surface area contributed by atoms with E-state index >= 15 is 0 Å². The Kier molecular flexibility index (Phi) is 6.22. The van der Waals surface area contributed by atoms with E-state index in [-0.39, 0.29) is 11.8 Å². The van der Waals surface area contributed by atoms with E-state index in [9.17, 15) is 9.59 Å². The summed E-state index contributed by atoms with van der Waals surface area (Å²) in [6.07, 6.45) is 0.659. The molecule has 4 nitrogen and oxygen atoms in total. The fourth-order valence-corrected chi connectivity index (χ4v) is 4.78. The Morgan fingerprint density at radius 3 is 1.88 bits per heavy atom. The molecule has 0 saturated carbocycles. The van der Waals surface area contributed by atoms with Crippen molar-refractivity contribution >= 4 is 11.8 Å². The molecular weight excluding hydrogens is 410 g/mol. The molecule has 1 aliphatic carbocycles. The Morgan fingerprint density at radius 2 is 1.36 bits per heavy atom. The molecule has 0 heterocycles. The monoisotopic (exact) mass is 441 g/mol. The molecule has 0 saturated heterocycles. The highest BCUT2D eigenvalue weighted by atomic mass is 16.5. The summed E-state index contributed by atoms with van der Waals surface area (Å²) in [5.74, 6) is -0.243. The Hall–Kier alpha value is -3.24. The average molecular weight is 442 g/mol. The van der Waals surface area contributed by atoms with Gasteiger partial charge in [0.2, 0.25) is 0 Å². The second-order valence-electron chi connectivity index (χ2n) is 9.64. The molecule has 4 rings (SSSR count). The third kappa shape index (κ3) is 4.11. The van der Waals surface area contributed by atoms with Gasteiger partial charge in [-0.1, -0.05) is 99.6 Å². The molecule has 1 N–H and O–H groups in total. The molecule has 4 heteroatoms. The van der Waals surface area contributed by atoms with Crippen LogP contribution in [0.3, 0.4) is 0 Å². The van der Waals surface area contributed by atoms with Crippen molar-refractivity contribution in [3.05, 3.63) is 95.6 Å². The number of hydrogen-bond donors (Lipinski definition) is 1. The van der Waals surface area contributed by atoms with Crippen molar-refractivity contribution < 1.29 is 14.3 Å². The molecule has 0 spiro atoms. The zero-order valence-electron chi connectivity index (χ0n) is 19.7. The van der Waals surface area contributed by atoms with Crippen molar-refractivity contribution in [1.29, 1.82) is 0 Å². The Bertz CT molecular complexity index is 1120. The van der Waals surface area contributed by atoms with E-state index in [0.29, 0.717) is 12.8 Å². The number of Topliss-reactive ketones (excluding diaryl/α,β-unsaturated/α-hetero) is 1. The summed E-state index contributed by atoms with van der Waals surface area (Å²) >= 11 is 0. The molecule has 1 aliphatic rings. The van der Waals surface area contributed by atoms with Crippen molar-refractivity contribution in [2.45, 2.75) is 45.2 Å². The zero-order chi connectivity index (χ0) is 23.6. The van der Waals surface area contributed by atoms with Crippen LogP contribution in [0.25, 0.3) is 11.1 Å². The lowest BCUT2D eigenvalue weighted by Crippen LogP contribution is -2.52. The summed E-state index contributed by atoms with van der Waals surface area (Å²) in [4.78, 5) is 25.6. The number of rotatable bonds is 7. The lowest BCUT2D eigenvalue weighted by Gasteiger charge is -2.37. The summed E-state index contributed by atoms with van der Waals surface area (Å²) in [6, 6.07) is 26.1. The van der Waals surface area contributed by atoms with Crippen LogP contribution in [0.15, 0.2) is 78.9 Å². The minimum Gasteiger partial charge on any atom is -0.468 e. The first kappa shape index (κ1) is 22.9. The molecule has 3 aromatic carbocycles. The number of methoxy groups -OCH3 is 1. The van der Waals surface area contributed by atoms with Crippen LogP contribution in [0.4, 0.5) is 0 Å². The molecule has 1 atom stereocenters. The fourth-order valence-electron chi connectivity index (χ4n) is 4.78. The highest BCUT2D eigenvalue weighted by Crippen LogP contribution is 2.51. The van der Waals surface area contributed by atoms with Crippen molar-refractivity contribution in [1.82, 2.24) is 5.32 Å². The van der Waals surface area contributed by atoms with Gasteiger partial charge in [-0.25, -0.2) is 0 Å². The third-order valence-electron chi connectivity index (χ3n) is 6.53. The van der Waals surface area contributed by atoms with E-state index in [2.05, 4.69) is 41.7 Å². The second kappa shape index (κ2) is 8.95. The van der Waals surface area contributed by atoms with Crippen LogP contribution in [0.2, 0.25) is 0 Å². The van der Waals surface area contributed by atoms with Gasteiger partial charge < -0.3 is 4.74 Å². The van der Waals surface area contributed by atoms with Crippen LogP contribution in [0, 0.1) is 5.41 Å². The first-order valence-corrected chi connectivity index (χ1v) is 11.4. The topological polar surface area (TPSA) is 55.4 Å². The number of ketones is 1. The van der Waals surface area contributed by atoms with Gasteiger partial charge in [0.15, 0.2) is 0 Å². The van der Waals surface area contributed by atoms with E-state index in [1.54, 1.807) is 0 Å². The van der Waals surface area contributed by atoms with Gasteiger partial charge in [-0.3, -0.25) is 14.9 Å². The number of carbonyl (C=O) groups excluding carboxylic acids is 2. The first-order valence-electron chi connectivity index (χ1n) is 11.4. The van der Waals surface area contributed by atoms with Gasteiger partial charge in [-0.05, 0) is 34.2 Å². The number of hydrogen-bond acceptors (Lipinski definition) is 4. The van der Waals surface area contributed by atoms with Crippen molar-refractivity contribution in [3.63, 3.8) is 0 Å². The number of benzene rings is 3.